The normalized spacial score (nSPS) is 16.4. The van der Waals surface area contributed by atoms with Crippen molar-refractivity contribution in [3.63, 3.8) is 0 Å². The van der Waals surface area contributed by atoms with Crippen LogP contribution in [-0.4, -0.2) is 40.9 Å². The number of nitrogens with one attached hydrogen (secondary N) is 1. The maximum atomic E-state index is 13.3. The molecule has 220 valence electrons. The first kappa shape index (κ1) is 31.0. The SMILES string of the molecule is CC(c1oc(=O)c2ccccc2c1C1=CC(C)(C)NC(C)(C)C1)n1nc(-c2cncc(O)c2)c2c(N)ncnc21.Cl.Cl. The summed E-state index contributed by atoms with van der Waals surface area (Å²) in [6.07, 6.45) is 7.25. The van der Waals surface area contributed by atoms with Crippen molar-refractivity contribution in [2.45, 2.75) is 58.2 Å². The lowest BCUT2D eigenvalue weighted by molar-refractivity contribution is 0.296. The minimum absolute atomic E-state index is 0. The molecule has 0 fully saturated rings. The molecule has 0 bridgehead atoms. The second-order valence-electron chi connectivity index (χ2n) is 11.6. The molecule has 0 amide bonds. The Kier molecular flexibility index (Phi) is 8.12. The van der Waals surface area contributed by atoms with Gasteiger partial charge in [0.1, 0.15) is 35.4 Å². The predicted octanol–water partition coefficient (Wildman–Crippen LogP) is 5.67. The Labute approximate surface area is 254 Å². The number of fused-ring (bicyclic) bond motifs is 2. The molecule has 1 atom stereocenters. The van der Waals surface area contributed by atoms with Crippen LogP contribution in [0.25, 0.3) is 38.6 Å². The summed E-state index contributed by atoms with van der Waals surface area (Å²) in [7, 11) is 0. The van der Waals surface area contributed by atoms with E-state index in [9.17, 15) is 9.90 Å². The average Bonchev–Trinajstić information content (AvgIpc) is 3.27. The van der Waals surface area contributed by atoms with Crippen LogP contribution in [0.1, 0.15) is 58.4 Å². The molecule has 10 nitrogen and oxygen atoms in total. The molecular weight excluding hydrogens is 577 g/mol. The third-order valence-corrected chi connectivity index (χ3v) is 7.28. The van der Waals surface area contributed by atoms with Gasteiger partial charge in [0.15, 0.2) is 5.65 Å². The van der Waals surface area contributed by atoms with Gasteiger partial charge >= 0.3 is 5.63 Å². The van der Waals surface area contributed by atoms with Gasteiger partial charge in [-0.1, -0.05) is 24.3 Å². The van der Waals surface area contributed by atoms with Gasteiger partial charge in [-0.2, -0.15) is 5.10 Å². The van der Waals surface area contributed by atoms with Gasteiger partial charge in [-0.25, -0.2) is 19.4 Å². The zero-order valence-corrected chi connectivity index (χ0v) is 25.5. The zero-order chi connectivity index (χ0) is 28.4. The molecule has 4 aromatic heterocycles. The van der Waals surface area contributed by atoms with Gasteiger partial charge in [-0.3, -0.25) is 4.98 Å². The quantitative estimate of drug-likeness (QED) is 0.234. The maximum Gasteiger partial charge on any atom is 0.343 e. The smallest absolute Gasteiger partial charge is 0.343 e. The minimum atomic E-state index is -0.551. The van der Waals surface area contributed by atoms with E-state index in [1.54, 1.807) is 23.0 Å². The summed E-state index contributed by atoms with van der Waals surface area (Å²) in [5.74, 6) is 0.715. The second kappa shape index (κ2) is 11.0. The number of hydrogen-bond donors (Lipinski definition) is 3. The molecule has 6 rings (SSSR count). The van der Waals surface area contributed by atoms with Crippen molar-refractivity contribution in [1.82, 2.24) is 30.0 Å². The molecule has 0 saturated carbocycles. The predicted molar refractivity (Wildman–Crippen MR) is 169 cm³/mol. The monoisotopic (exact) mass is 609 g/mol. The first-order valence-corrected chi connectivity index (χ1v) is 13.1. The fraction of sp³-hybridized carbons (Fsp3) is 0.300. The van der Waals surface area contributed by atoms with E-state index in [-0.39, 0.29) is 47.5 Å². The highest BCUT2D eigenvalue weighted by Crippen LogP contribution is 2.41. The minimum Gasteiger partial charge on any atom is -0.506 e. The number of halogens is 2. The van der Waals surface area contributed by atoms with E-state index in [0.717, 1.165) is 22.9 Å². The van der Waals surface area contributed by atoms with Crippen LogP contribution >= 0.6 is 24.8 Å². The van der Waals surface area contributed by atoms with E-state index in [2.05, 4.69) is 54.0 Å². The van der Waals surface area contributed by atoms with Crippen LogP contribution in [-0.2, 0) is 0 Å². The second-order valence-corrected chi connectivity index (χ2v) is 11.6. The molecule has 1 unspecified atom stereocenters. The van der Waals surface area contributed by atoms with Crippen LogP contribution in [0.15, 0.2) is 64.3 Å². The van der Waals surface area contributed by atoms with Gasteiger partial charge in [0.2, 0.25) is 0 Å². The Morgan fingerprint density at radius 1 is 1.10 bits per heavy atom. The Morgan fingerprint density at radius 2 is 1.81 bits per heavy atom. The van der Waals surface area contributed by atoms with Crippen LogP contribution in [0.2, 0.25) is 0 Å². The van der Waals surface area contributed by atoms with Crippen LogP contribution in [0.3, 0.4) is 0 Å². The van der Waals surface area contributed by atoms with Gasteiger partial charge in [-0.15, -0.1) is 24.8 Å². The Balaban J connectivity index is 0.00000202. The molecule has 5 heterocycles. The summed E-state index contributed by atoms with van der Waals surface area (Å²) < 4.78 is 7.83. The van der Waals surface area contributed by atoms with Crippen molar-refractivity contribution in [2.75, 3.05) is 5.73 Å². The average molecular weight is 611 g/mol. The molecule has 42 heavy (non-hydrogen) atoms. The lowest BCUT2D eigenvalue weighted by Crippen LogP contribution is -2.53. The van der Waals surface area contributed by atoms with Gasteiger partial charge < -0.3 is 20.6 Å². The maximum absolute atomic E-state index is 13.3. The highest BCUT2D eigenvalue weighted by molar-refractivity contribution is 5.99. The van der Waals surface area contributed by atoms with Crippen LogP contribution < -0.4 is 16.7 Å². The van der Waals surface area contributed by atoms with Gasteiger partial charge in [-0.05, 0) is 64.1 Å². The molecule has 0 aliphatic carbocycles. The number of aromatic nitrogens is 5. The highest BCUT2D eigenvalue weighted by Gasteiger charge is 2.35. The number of pyridine rings is 1. The van der Waals surface area contributed by atoms with Crippen molar-refractivity contribution < 1.29 is 9.52 Å². The molecule has 4 N–H and O–H groups in total. The van der Waals surface area contributed by atoms with E-state index in [1.165, 1.54) is 12.5 Å². The number of nitrogen functional groups attached to an aromatic ring is 1. The molecule has 1 aromatic carbocycles. The van der Waals surface area contributed by atoms with Crippen molar-refractivity contribution in [3.8, 4) is 17.0 Å². The molecule has 0 saturated heterocycles. The van der Waals surface area contributed by atoms with Crippen molar-refractivity contribution in [1.29, 1.82) is 0 Å². The number of rotatable bonds is 4. The van der Waals surface area contributed by atoms with Gasteiger partial charge in [0.25, 0.3) is 0 Å². The molecule has 5 aromatic rings. The van der Waals surface area contributed by atoms with Crippen molar-refractivity contribution in [2.24, 2.45) is 0 Å². The fourth-order valence-corrected chi connectivity index (χ4v) is 6.05. The Bertz CT molecular complexity index is 1900. The van der Waals surface area contributed by atoms with E-state index in [4.69, 9.17) is 15.2 Å². The third kappa shape index (κ3) is 5.33. The highest BCUT2D eigenvalue weighted by atomic mass is 35.5. The number of benzene rings is 1. The fourth-order valence-electron chi connectivity index (χ4n) is 6.05. The lowest BCUT2D eigenvalue weighted by Gasteiger charge is -2.41. The molecule has 1 aliphatic heterocycles. The molecule has 1 aliphatic rings. The summed E-state index contributed by atoms with van der Waals surface area (Å²) in [4.78, 5) is 26.1. The van der Waals surface area contributed by atoms with Gasteiger partial charge in [0, 0.05) is 28.4 Å². The number of nitrogens with two attached hydrogens (primary N) is 1. The van der Waals surface area contributed by atoms with Gasteiger partial charge in [0.05, 0.1) is 17.0 Å². The summed E-state index contributed by atoms with van der Waals surface area (Å²) >= 11 is 0. The molecule has 12 heteroatoms. The number of hydrogen-bond acceptors (Lipinski definition) is 9. The molecule has 0 radical (unpaired) electrons. The summed E-state index contributed by atoms with van der Waals surface area (Å²) in [5.41, 5.74) is 8.87. The first-order valence-electron chi connectivity index (χ1n) is 13.1. The third-order valence-electron chi connectivity index (χ3n) is 7.28. The van der Waals surface area contributed by atoms with E-state index >= 15 is 0 Å². The summed E-state index contributed by atoms with van der Waals surface area (Å²) in [6, 6.07) is 8.54. The van der Waals surface area contributed by atoms with Crippen LogP contribution in [0.4, 0.5) is 5.82 Å². The standard InChI is InChI=1S/C30H31N7O3.2ClH/c1-16(37-27-23(26(31)33-15-34-27)24(35-37)17-10-19(38)14-32-13-17)25-22(18-11-29(2,3)36-30(4,5)12-18)20-8-6-7-9-21(20)28(39)40-25;;/h6-11,13-16,36,38H,12H2,1-5H3,(H2,31,33,34);2*1H. The number of anilines is 1. The largest absolute Gasteiger partial charge is 0.506 e. The van der Waals surface area contributed by atoms with E-state index in [1.807, 2.05) is 25.1 Å². The molecule has 0 spiro atoms. The first-order chi connectivity index (χ1) is 18.9. The topological polar surface area (TPSA) is 145 Å². The number of nitrogens with zero attached hydrogens (tertiary/aromatic N) is 5. The summed E-state index contributed by atoms with van der Waals surface area (Å²) in [5, 5.41) is 20.5. The number of aromatic hydroxyl groups is 1. The Hall–Kier alpha value is -3.99. The van der Waals surface area contributed by atoms with Crippen LogP contribution in [0.5, 0.6) is 5.75 Å². The van der Waals surface area contributed by atoms with E-state index < -0.39 is 11.7 Å². The molecular formula is C30H33Cl2N7O3. The lowest BCUT2D eigenvalue weighted by atomic mass is 9.79. The zero-order valence-electron chi connectivity index (χ0n) is 23.9. The van der Waals surface area contributed by atoms with Crippen molar-refractivity contribution in [3.05, 3.63) is 76.9 Å². The van der Waals surface area contributed by atoms with Crippen LogP contribution in [0, 0.1) is 0 Å². The van der Waals surface area contributed by atoms with Crippen molar-refractivity contribution >= 4 is 58.0 Å². The Morgan fingerprint density at radius 3 is 2.50 bits per heavy atom. The summed E-state index contributed by atoms with van der Waals surface area (Å²) in [6.45, 7) is 10.5. The van der Waals surface area contributed by atoms with E-state index in [0.29, 0.717) is 33.4 Å².